The molecule has 1 amide bonds. The smallest absolute Gasteiger partial charge is 0.306 e. The molecular formula is C15H18N2O3. The molecule has 106 valence electrons. The first-order valence-electron chi connectivity index (χ1n) is 6.66. The van der Waals surface area contributed by atoms with E-state index in [1.54, 1.807) is 6.92 Å². The highest BCUT2D eigenvalue weighted by Gasteiger charge is 2.11. The molecule has 5 nitrogen and oxygen atoms in total. The maximum atomic E-state index is 11.9. The maximum Gasteiger partial charge on any atom is 0.306 e. The lowest BCUT2D eigenvalue weighted by Gasteiger charge is -2.06. The van der Waals surface area contributed by atoms with Crippen LogP contribution in [0.1, 0.15) is 30.3 Å². The van der Waals surface area contributed by atoms with E-state index in [0.717, 1.165) is 10.9 Å². The number of hydrogen-bond donors (Lipinski definition) is 3. The Bertz CT molecular complexity index is 585. The second-order valence-corrected chi connectivity index (χ2v) is 4.91. The molecule has 2 aromatic rings. The van der Waals surface area contributed by atoms with E-state index in [0.29, 0.717) is 25.1 Å². The lowest BCUT2D eigenvalue weighted by atomic mass is 10.1. The van der Waals surface area contributed by atoms with Crippen LogP contribution in [0.25, 0.3) is 10.9 Å². The Balaban J connectivity index is 1.84. The predicted octanol–water partition coefficient (Wildman–Crippen LogP) is 2.40. The predicted molar refractivity (Wildman–Crippen MR) is 76.7 cm³/mol. The van der Waals surface area contributed by atoms with E-state index in [4.69, 9.17) is 5.11 Å². The average Bonchev–Trinajstić information content (AvgIpc) is 2.86. The van der Waals surface area contributed by atoms with Crippen molar-refractivity contribution in [3.63, 3.8) is 0 Å². The van der Waals surface area contributed by atoms with Gasteiger partial charge in [-0.05, 0) is 25.0 Å². The van der Waals surface area contributed by atoms with Crippen molar-refractivity contribution in [1.29, 1.82) is 0 Å². The Morgan fingerprint density at radius 3 is 2.80 bits per heavy atom. The highest BCUT2D eigenvalue weighted by atomic mass is 16.4. The summed E-state index contributed by atoms with van der Waals surface area (Å²) in [6.07, 6.45) is 1.21. The standard InChI is InChI=1S/C15H18N2O3/c1-10(15(19)20)5-4-8-16-14(18)13-9-11-6-2-3-7-12(11)17-13/h2-3,6-7,9-10,17H,4-5,8H2,1H3,(H,16,18)(H,19,20). The van der Waals surface area contributed by atoms with Gasteiger partial charge in [0.1, 0.15) is 5.69 Å². The molecule has 0 saturated carbocycles. The molecule has 0 aliphatic carbocycles. The van der Waals surface area contributed by atoms with E-state index in [-0.39, 0.29) is 11.8 Å². The van der Waals surface area contributed by atoms with Gasteiger partial charge in [-0.15, -0.1) is 0 Å². The third-order valence-electron chi connectivity index (χ3n) is 3.30. The third-order valence-corrected chi connectivity index (χ3v) is 3.30. The summed E-state index contributed by atoms with van der Waals surface area (Å²) in [5.74, 6) is -1.34. The molecule has 0 aliphatic heterocycles. The van der Waals surface area contributed by atoms with Gasteiger partial charge in [-0.25, -0.2) is 0 Å². The Hall–Kier alpha value is -2.30. The van der Waals surface area contributed by atoms with Crippen LogP contribution in [0.5, 0.6) is 0 Å². The fourth-order valence-corrected chi connectivity index (χ4v) is 2.02. The molecule has 0 radical (unpaired) electrons. The van der Waals surface area contributed by atoms with Crippen molar-refractivity contribution < 1.29 is 14.7 Å². The van der Waals surface area contributed by atoms with E-state index in [9.17, 15) is 9.59 Å². The number of benzene rings is 1. The van der Waals surface area contributed by atoms with E-state index < -0.39 is 5.97 Å². The van der Waals surface area contributed by atoms with Crippen molar-refractivity contribution in [3.8, 4) is 0 Å². The fourth-order valence-electron chi connectivity index (χ4n) is 2.02. The van der Waals surface area contributed by atoms with Crippen LogP contribution < -0.4 is 5.32 Å². The van der Waals surface area contributed by atoms with Crippen LogP contribution in [-0.4, -0.2) is 28.5 Å². The zero-order valence-corrected chi connectivity index (χ0v) is 11.3. The largest absolute Gasteiger partial charge is 0.481 e. The minimum atomic E-state index is -0.799. The Labute approximate surface area is 117 Å². The Morgan fingerprint density at radius 2 is 2.10 bits per heavy atom. The highest BCUT2D eigenvalue weighted by Crippen LogP contribution is 2.14. The van der Waals surface area contributed by atoms with E-state index in [2.05, 4.69) is 10.3 Å². The summed E-state index contributed by atoms with van der Waals surface area (Å²) in [6, 6.07) is 9.50. The Morgan fingerprint density at radius 1 is 1.35 bits per heavy atom. The first-order valence-corrected chi connectivity index (χ1v) is 6.66. The molecule has 0 aliphatic rings. The number of fused-ring (bicyclic) bond motifs is 1. The van der Waals surface area contributed by atoms with Crippen molar-refractivity contribution in [2.24, 2.45) is 5.92 Å². The Kier molecular flexibility index (Phi) is 4.40. The number of H-pyrrole nitrogens is 1. The summed E-state index contributed by atoms with van der Waals surface area (Å²) in [4.78, 5) is 25.6. The lowest BCUT2D eigenvalue weighted by molar-refractivity contribution is -0.141. The summed E-state index contributed by atoms with van der Waals surface area (Å²) in [6.45, 7) is 2.15. The number of para-hydroxylation sites is 1. The van der Waals surface area contributed by atoms with Crippen molar-refractivity contribution in [3.05, 3.63) is 36.0 Å². The van der Waals surface area contributed by atoms with Crippen LogP contribution in [0, 0.1) is 5.92 Å². The molecule has 20 heavy (non-hydrogen) atoms. The van der Waals surface area contributed by atoms with E-state index >= 15 is 0 Å². The van der Waals surface area contributed by atoms with Crippen molar-refractivity contribution in [2.75, 3.05) is 6.54 Å². The first kappa shape index (κ1) is 14.1. The number of amides is 1. The number of carboxylic acids is 1. The number of carboxylic acid groups (broad SMARTS) is 1. The van der Waals surface area contributed by atoms with Crippen LogP contribution in [0.2, 0.25) is 0 Å². The van der Waals surface area contributed by atoms with Gasteiger partial charge in [-0.3, -0.25) is 9.59 Å². The van der Waals surface area contributed by atoms with Gasteiger partial charge in [0.05, 0.1) is 5.92 Å². The summed E-state index contributed by atoms with van der Waals surface area (Å²) < 4.78 is 0. The SMILES string of the molecule is CC(CCCNC(=O)c1cc2ccccc2[nH]1)C(=O)O. The molecule has 0 spiro atoms. The summed E-state index contributed by atoms with van der Waals surface area (Å²) in [5, 5.41) is 12.5. The van der Waals surface area contributed by atoms with Gasteiger partial charge in [-0.1, -0.05) is 25.1 Å². The number of nitrogens with one attached hydrogen (secondary N) is 2. The molecule has 0 fully saturated rings. The van der Waals surface area contributed by atoms with Crippen molar-refractivity contribution >= 4 is 22.8 Å². The number of hydrogen-bond acceptors (Lipinski definition) is 2. The van der Waals surface area contributed by atoms with Crippen molar-refractivity contribution in [2.45, 2.75) is 19.8 Å². The minimum Gasteiger partial charge on any atom is -0.481 e. The molecule has 5 heteroatoms. The zero-order chi connectivity index (χ0) is 14.5. The zero-order valence-electron chi connectivity index (χ0n) is 11.3. The third kappa shape index (κ3) is 3.38. The van der Waals surface area contributed by atoms with Crippen LogP contribution >= 0.6 is 0 Å². The second kappa shape index (κ2) is 6.23. The molecule has 0 bridgehead atoms. The number of aromatic amines is 1. The van der Waals surface area contributed by atoms with E-state index in [1.165, 1.54) is 0 Å². The molecule has 3 N–H and O–H groups in total. The topological polar surface area (TPSA) is 82.2 Å². The van der Waals surface area contributed by atoms with Crippen LogP contribution in [0.15, 0.2) is 30.3 Å². The van der Waals surface area contributed by atoms with Crippen LogP contribution in [-0.2, 0) is 4.79 Å². The number of carbonyl (C=O) groups excluding carboxylic acids is 1. The molecule has 1 aromatic heterocycles. The minimum absolute atomic E-state index is 0.163. The highest BCUT2D eigenvalue weighted by molar-refractivity contribution is 5.97. The normalized spacial score (nSPS) is 12.2. The number of aromatic nitrogens is 1. The second-order valence-electron chi connectivity index (χ2n) is 4.91. The summed E-state index contributed by atoms with van der Waals surface area (Å²) in [7, 11) is 0. The van der Waals surface area contributed by atoms with Gasteiger partial charge in [0, 0.05) is 17.4 Å². The van der Waals surface area contributed by atoms with Crippen LogP contribution in [0.3, 0.4) is 0 Å². The van der Waals surface area contributed by atoms with Gasteiger partial charge < -0.3 is 15.4 Å². The number of aliphatic carboxylic acids is 1. The van der Waals surface area contributed by atoms with Gasteiger partial charge in [0.25, 0.3) is 5.91 Å². The van der Waals surface area contributed by atoms with E-state index in [1.807, 2.05) is 30.3 Å². The van der Waals surface area contributed by atoms with Gasteiger partial charge in [-0.2, -0.15) is 0 Å². The quantitative estimate of drug-likeness (QED) is 0.707. The molecule has 1 unspecified atom stereocenters. The first-order chi connectivity index (χ1) is 9.58. The fraction of sp³-hybridized carbons (Fsp3) is 0.333. The molecule has 1 heterocycles. The van der Waals surface area contributed by atoms with Crippen molar-refractivity contribution in [1.82, 2.24) is 10.3 Å². The summed E-state index contributed by atoms with van der Waals surface area (Å²) >= 11 is 0. The molecule has 1 aromatic carbocycles. The van der Waals surface area contributed by atoms with Gasteiger partial charge in [0.15, 0.2) is 0 Å². The number of rotatable bonds is 6. The van der Waals surface area contributed by atoms with Crippen LogP contribution in [0.4, 0.5) is 0 Å². The molecule has 0 saturated heterocycles. The molecule has 2 rings (SSSR count). The summed E-state index contributed by atoms with van der Waals surface area (Å²) in [5.41, 5.74) is 1.45. The average molecular weight is 274 g/mol. The maximum absolute atomic E-state index is 11.9. The lowest BCUT2D eigenvalue weighted by Crippen LogP contribution is -2.25. The van der Waals surface area contributed by atoms with Gasteiger partial charge >= 0.3 is 5.97 Å². The monoisotopic (exact) mass is 274 g/mol. The molecular weight excluding hydrogens is 256 g/mol. The number of carbonyl (C=O) groups is 2. The van der Waals surface area contributed by atoms with Gasteiger partial charge in [0.2, 0.25) is 0 Å². The molecule has 1 atom stereocenters.